The van der Waals surface area contributed by atoms with Crippen LogP contribution in [0.5, 0.6) is 0 Å². The molecule has 4 rings (SSSR count). The number of carbonyl (C=O) groups is 2. The fourth-order valence-corrected chi connectivity index (χ4v) is 6.49. The van der Waals surface area contributed by atoms with E-state index in [1.165, 1.54) is 4.31 Å². The second kappa shape index (κ2) is 13.0. The molecule has 0 bridgehead atoms. The molecule has 2 aliphatic rings. The molecule has 1 amide bonds. The maximum atomic E-state index is 13.4. The van der Waals surface area contributed by atoms with Crippen LogP contribution in [0.15, 0.2) is 48.8 Å². The third kappa shape index (κ3) is 7.89. The number of likely N-dealkylation sites (tertiary alicyclic amines) is 1. The molecule has 2 aromatic rings. The fraction of sp³-hybridized carbons (Fsp3) is 0.500. The van der Waals surface area contributed by atoms with Gasteiger partial charge in [-0.15, -0.1) is 0 Å². The summed E-state index contributed by atoms with van der Waals surface area (Å²) in [6.07, 6.45) is 6.12. The minimum absolute atomic E-state index is 0.199. The van der Waals surface area contributed by atoms with Crippen molar-refractivity contribution in [3.63, 3.8) is 0 Å². The Morgan fingerprint density at radius 2 is 1.81 bits per heavy atom. The highest BCUT2D eigenvalue weighted by Gasteiger charge is 2.43. The molecule has 3 unspecified atom stereocenters. The van der Waals surface area contributed by atoms with Gasteiger partial charge in [0.1, 0.15) is 0 Å². The number of piperidine rings is 1. The lowest BCUT2D eigenvalue weighted by Crippen LogP contribution is -2.53. The number of carboxylic acids is 1. The summed E-state index contributed by atoms with van der Waals surface area (Å²) >= 11 is 11.5. The third-order valence-corrected chi connectivity index (χ3v) is 9.55. The van der Waals surface area contributed by atoms with Crippen LogP contribution in [0.3, 0.4) is 0 Å². The average molecular weight is 571 g/mol. The normalized spacial score (nSPS) is 20.8. The summed E-state index contributed by atoms with van der Waals surface area (Å²) in [5.74, 6) is -1.81. The number of likely N-dealkylation sites (N-methyl/N-ethyl adjacent to an activating group) is 1. The number of rotatable bonds is 9. The lowest BCUT2D eigenvalue weighted by Gasteiger charge is -2.44. The molecule has 0 radical (unpaired) electrons. The van der Waals surface area contributed by atoms with E-state index in [9.17, 15) is 23.1 Å². The summed E-state index contributed by atoms with van der Waals surface area (Å²) in [5, 5.41) is 10.2. The van der Waals surface area contributed by atoms with Gasteiger partial charge in [-0.1, -0.05) is 42.3 Å². The molecule has 1 aliphatic carbocycles. The monoisotopic (exact) mass is 569 g/mol. The summed E-state index contributed by atoms with van der Waals surface area (Å²) < 4.78 is 26.6. The van der Waals surface area contributed by atoms with Gasteiger partial charge in [0, 0.05) is 43.0 Å². The van der Waals surface area contributed by atoms with Crippen LogP contribution in [0.25, 0.3) is 0 Å². The number of hydrogen-bond acceptors (Lipinski definition) is 5. The molecule has 1 saturated heterocycles. The molecule has 1 aliphatic heterocycles. The number of aromatic nitrogens is 1. The molecular weight excluding hydrogens is 537 g/mol. The zero-order valence-corrected chi connectivity index (χ0v) is 23.3. The Bertz CT molecular complexity index is 1160. The number of carbonyl (C=O) groups excluding carboxylic acids is 1. The highest BCUT2D eigenvalue weighted by molar-refractivity contribution is 7.90. The summed E-state index contributed by atoms with van der Waals surface area (Å²) in [5.41, 5.74) is 0.924. The van der Waals surface area contributed by atoms with Gasteiger partial charge in [-0.2, -0.15) is 0 Å². The number of halogens is 2. The molecule has 1 saturated carbocycles. The largest absolute Gasteiger partial charge is 0.481 e. The van der Waals surface area contributed by atoms with Gasteiger partial charge in [-0.3, -0.25) is 14.6 Å². The maximum absolute atomic E-state index is 13.4. The van der Waals surface area contributed by atoms with E-state index in [0.29, 0.717) is 42.1 Å². The summed E-state index contributed by atoms with van der Waals surface area (Å²) in [6.45, 7) is 2.13. The van der Waals surface area contributed by atoms with Crippen molar-refractivity contribution in [1.82, 2.24) is 14.2 Å². The van der Waals surface area contributed by atoms with Gasteiger partial charge in [-0.25, -0.2) is 12.7 Å². The number of pyridine rings is 1. The molecule has 0 spiro atoms. The molecule has 3 atom stereocenters. The van der Waals surface area contributed by atoms with Crippen molar-refractivity contribution < 1.29 is 23.1 Å². The van der Waals surface area contributed by atoms with Gasteiger partial charge in [0.15, 0.2) is 0 Å². The Kier molecular flexibility index (Phi) is 10.3. The van der Waals surface area contributed by atoms with E-state index in [2.05, 4.69) is 4.98 Å². The number of amides is 1. The molecule has 1 aromatic carbocycles. The standard InChI is InChI=1S/C21H29ClN2O5S.C5H4ClN/c1-3-17(13-23(2)30(28,29)18-9-10-18)24-19(14-4-7-16(22)8-5-14)11-6-15(21(24)27)12-20(25)26;6-5-2-1-3-7-4-5/h4-5,7-8,15,17-19H,3,6,9-13H2,1-2H3,(H,25,26);1-4H. The lowest BCUT2D eigenvalue weighted by atomic mass is 9.85. The summed E-state index contributed by atoms with van der Waals surface area (Å²) in [4.78, 5) is 30.1. The van der Waals surface area contributed by atoms with Crippen molar-refractivity contribution >= 4 is 45.1 Å². The van der Waals surface area contributed by atoms with Crippen molar-refractivity contribution in [2.75, 3.05) is 13.6 Å². The van der Waals surface area contributed by atoms with Crippen molar-refractivity contribution in [3.05, 3.63) is 64.4 Å². The van der Waals surface area contributed by atoms with Crippen molar-refractivity contribution in [3.8, 4) is 0 Å². The lowest BCUT2D eigenvalue weighted by molar-refractivity contribution is -0.151. The predicted molar refractivity (Wildman–Crippen MR) is 144 cm³/mol. The van der Waals surface area contributed by atoms with Gasteiger partial charge >= 0.3 is 5.97 Å². The van der Waals surface area contributed by atoms with Crippen LogP contribution >= 0.6 is 23.2 Å². The zero-order chi connectivity index (χ0) is 27.2. The molecule has 2 heterocycles. The smallest absolute Gasteiger partial charge is 0.304 e. The molecule has 1 N–H and O–H groups in total. The number of sulfonamides is 1. The van der Waals surface area contributed by atoms with Crippen molar-refractivity contribution in [2.24, 2.45) is 5.92 Å². The number of hydrogen-bond donors (Lipinski definition) is 1. The molecular formula is C26H33Cl2N3O5S. The zero-order valence-electron chi connectivity index (χ0n) is 21.0. The van der Waals surface area contributed by atoms with Gasteiger partial charge in [-0.05, 0) is 61.9 Å². The molecule has 1 aromatic heterocycles. The second-order valence-electron chi connectivity index (χ2n) is 9.44. The maximum Gasteiger partial charge on any atom is 0.304 e. The average Bonchev–Trinajstić information content (AvgIpc) is 3.71. The van der Waals surface area contributed by atoms with E-state index in [-0.39, 0.29) is 36.2 Å². The summed E-state index contributed by atoms with van der Waals surface area (Å²) in [7, 11) is -1.80. The van der Waals surface area contributed by atoms with Gasteiger partial charge in [0.25, 0.3) is 0 Å². The van der Waals surface area contributed by atoms with E-state index in [1.807, 2.05) is 19.1 Å². The first-order valence-electron chi connectivity index (χ1n) is 12.3. The van der Waals surface area contributed by atoms with Crippen LogP contribution in [0.1, 0.15) is 57.1 Å². The van der Waals surface area contributed by atoms with E-state index < -0.39 is 21.9 Å². The molecule has 202 valence electrons. The SMILES string of the molecule is CCC(CN(C)S(=O)(=O)C1CC1)N1C(=O)C(CC(=O)O)CCC1c1ccc(Cl)cc1.Clc1cccnc1. The van der Waals surface area contributed by atoms with Gasteiger partial charge < -0.3 is 10.0 Å². The number of nitrogens with zero attached hydrogens (tertiary/aromatic N) is 3. The van der Waals surface area contributed by atoms with Crippen molar-refractivity contribution in [1.29, 1.82) is 0 Å². The third-order valence-electron chi connectivity index (χ3n) is 6.74. The Hall–Kier alpha value is -2.20. The van der Waals surface area contributed by atoms with Crippen LogP contribution < -0.4 is 0 Å². The van der Waals surface area contributed by atoms with Crippen LogP contribution in [0, 0.1) is 5.92 Å². The second-order valence-corrected chi connectivity index (χ2v) is 12.6. The predicted octanol–water partition coefficient (Wildman–Crippen LogP) is 5.03. The first-order chi connectivity index (χ1) is 17.5. The van der Waals surface area contributed by atoms with Crippen LogP contribution in [-0.4, -0.2) is 64.5 Å². The number of benzene rings is 1. The Morgan fingerprint density at radius 3 is 2.30 bits per heavy atom. The number of carboxylic acid groups (broad SMARTS) is 1. The van der Waals surface area contributed by atoms with Gasteiger partial charge in [0.05, 0.1) is 22.7 Å². The highest BCUT2D eigenvalue weighted by atomic mass is 35.5. The highest BCUT2D eigenvalue weighted by Crippen LogP contribution is 2.39. The van der Waals surface area contributed by atoms with E-state index >= 15 is 0 Å². The van der Waals surface area contributed by atoms with E-state index in [4.69, 9.17) is 23.2 Å². The van der Waals surface area contributed by atoms with Crippen LogP contribution in [0.2, 0.25) is 10.0 Å². The molecule has 8 nitrogen and oxygen atoms in total. The number of aliphatic carboxylic acids is 1. The minimum Gasteiger partial charge on any atom is -0.481 e. The van der Waals surface area contributed by atoms with E-state index in [0.717, 1.165) is 5.56 Å². The molecule has 11 heteroatoms. The van der Waals surface area contributed by atoms with Gasteiger partial charge in [0.2, 0.25) is 15.9 Å². The Labute approximate surface area is 228 Å². The Balaban J connectivity index is 0.000000468. The minimum atomic E-state index is -3.36. The van der Waals surface area contributed by atoms with Crippen LogP contribution in [-0.2, 0) is 19.6 Å². The van der Waals surface area contributed by atoms with Crippen molar-refractivity contribution in [2.45, 2.75) is 62.8 Å². The van der Waals surface area contributed by atoms with E-state index in [1.54, 1.807) is 48.6 Å². The van der Waals surface area contributed by atoms with Crippen LogP contribution in [0.4, 0.5) is 0 Å². The Morgan fingerprint density at radius 1 is 1.14 bits per heavy atom. The topological polar surface area (TPSA) is 108 Å². The first-order valence-corrected chi connectivity index (χ1v) is 14.6. The quantitative estimate of drug-likeness (QED) is 0.453. The molecule has 37 heavy (non-hydrogen) atoms. The summed E-state index contributed by atoms with van der Waals surface area (Å²) in [6, 6.07) is 10.3. The molecule has 2 fully saturated rings. The fourth-order valence-electron chi connectivity index (χ4n) is 4.61. The first kappa shape index (κ1) is 29.4.